The van der Waals surface area contributed by atoms with Crippen molar-refractivity contribution in [2.45, 2.75) is 26.7 Å². The molecule has 3 unspecified atom stereocenters. The quantitative estimate of drug-likeness (QED) is 0.803. The van der Waals surface area contributed by atoms with E-state index in [0.29, 0.717) is 17.8 Å². The molecule has 1 N–H and O–H groups in total. The third-order valence-electron chi connectivity index (χ3n) is 4.77. The summed E-state index contributed by atoms with van der Waals surface area (Å²) in [6, 6.07) is 9.76. The summed E-state index contributed by atoms with van der Waals surface area (Å²) in [6.07, 6.45) is 7.26. The van der Waals surface area contributed by atoms with Crippen LogP contribution in [0.2, 0.25) is 0 Å². The van der Waals surface area contributed by atoms with Gasteiger partial charge in [0.2, 0.25) is 0 Å². The van der Waals surface area contributed by atoms with Gasteiger partial charge in [0.15, 0.2) is 0 Å². The lowest BCUT2D eigenvalue weighted by atomic mass is 9.93. The lowest BCUT2D eigenvalue weighted by molar-refractivity contribution is 0.187. The van der Waals surface area contributed by atoms with E-state index in [2.05, 4.69) is 31.3 Å². The number of para-hydroxylation sites is 1. The Morgan fingerprint density at radius 2 is 2.00 bits per heavy atom. The Labute approximate surface area is 133 Å². The molecule has 0 aliphatic heterocycles. The van der Waals surface area contributed by atoms with Crippen LogP contribution in [0.25, 0.3) is 0 Å². The van der Waals surface area contributed by atoms with Crippen LogP contribution >= 0.6 is 0 Å². The summed E-state index contributed by atoms with van der Waals surface area (Å²) in [6.45, 7) is 6.03. The molecule has 0 heterocycles. The van der Waals surface area contributed by atoms with E-state index in [9.17, 15) is 4.79 Å². The number of rotatable bonds is 5. The van der Waals surface area contributed by atoms with Crippen molar-refractivity contribution in [3.63, 3.8) is 0 Å². The van der Waals surface area contributed by atoms with Gasteiger partial charge < -0.3 is 10.2 Å². The molecule has 0 radical (unpaired) electrons. The van der Waals surface area contributed by atoms with Crippen molar-refractivity contribution in [2.24, 2.45) is 23.7 Å². The molecule has 3 rings (SSSR count). The Bertz CT molecular complexity index is 538. The SMILES string of the molecule is CC(C)CN(CC1CC2C=CC1C2)C(=O)Nc1ccccc1. The number of carbonyl (C=O) groups is 1. The highest BCUT2D eigenvalue weighted by Crippen LogP contribution is 2.43. The third kappa shape index (κ3) is 3.52. The van der Waals surface area contributed by atoms with Crippen LogP contribution in [0.5, 0.6) is 0 Å². The number of hydrogen-bond acceptors (Lipinski definition) is 1. The molecule has 1 aromatic rings. The van der Waals surface area contributed by atoms with Crippen molar-refractivity contribution in [2.75, 3.05) is 18.4 Å². The standard InChI is InChI=1S/C19H26N2O/c1-14(2)12-21(13-17-11-15-8-9-16(17)10-15)19(22)20-18-6-4-3-5-7-18/h3-9,14-17H,10-13H2,1-2H3,(H,20,22). The predicted molar refractivity (Wildman–Crippen MR) is 90.7 cm³/mol. The molecule has 2 aliphatic rings. The first kappa shape index (κ1) is 15.1. The van der Waals surface area contributed by atoms with E-state index >= 15 is 0 Å². The van der Waals surface area contributed by atoms with Gasteiger partial charge in [0.05, 0.1) is 0 Å². The highest BCUT2D eigenvalue weighted by atomic mass is 16.2. The molecule has 0 spiro atoms. The van der Waals surface area contributed by atoms with E-state index in [1.807, 2.05) is 35.2 Å². The zero-order valence-corrected chi connectivity index (χ0v) is 13.5. The van der Waals surface area contributed by atoms with Crippen molar-refractivity contribution in [1.82, 2.24) is 4.90 Å². The highest BCUT2D eigenvalue weighted by molar-refractivity contribution is 5.89. The van der Waals surface area contributed by atoms with Crippen LogP contribution in [0.15, 0.2) is 42.5 Å². The number of benzene rings is 1. The van der Waals surface area contributed by atoms with E-state index in [1.165, 1.54) is 12.8 Å². The fourth-order valence-electron chi connectivity index (χ4n) is 3.79. The maximum Gasteiger partial charge on any atom is 0.321 e. The molecule has 118 valence electrons. The van der Waals surface area contributed by atoms with E-state index < -0.39 is 0 Å². The van der Waals surface area contributed by atoms with Gasteiger partial charge in [-0.1, -0.05) is 44.2 Å². The molecule has 2 aliphatic carbocycles. The van der Waals surface area contributed by atoms with Crippen LogP contribution in [-0.2, 0) is 0 Å². The number of anilines is 1. The Hall–Kier alpha value is -1.77. The van der Waals surface area contributed by atoms with Gasteiger partial charge in [0, 0.05) is 18.8 Å². The molecule has 3 atom stereocenters. The van der Waals surface area contributed by atoms with Crippen molar-refractivity contribution >= 4 is 11.7 Å². The largest absolute Gasteiger partial charge is 0.324 e. The smallest absolute Gasteiger partial charge is 0.321 e. The van der Waals surface area contributed by atoms with Gasteiger partial charge in [-0.05, 0) is 48.6 Å². The first-order valence-electron chi connectivity index (χ1n) is 8.41. The summed E-state index contributed by atoms with van der Waals surface area (Å²) < 4.78 is 0. The Morgan fingerprint density at radius 3 is 2.59 bits per heavy atom. The van der Waals surface area contributed by atoms with Gasteiger partial charge in [-0.25, -0.2) is 4.79 Å². The molecule has 22 heavy (non-hydrogen) atoms. The lowest BCUT2D eigenvalue weighted by Gasteiger charge is -2.30. The maximum absolute atomic E-state index is 12.6. The normalized spacial score (nSPS) is 25.7. The fourth-order valence-corrected chi connectivity index (χ4v) is 3.79. The number of amides is 2. The van der Waals surface area contributed by atoms with Gasteiger partial charge >= 0.3 is 6.03 Å². The molecule has 3 heteroatoms. The maximum atomic E-state index is 12.6. The van der Waals surface area contributed by atoms with E-state index in [0.717, 1.165) is 24.7 Å². The third-order valence-corrected chi connectivity index (χ3v) is 4.77. The van der Waals surface area contributed by atoms with E-state index in [1.54, 1.807) is 0 Å². The minimum Gasteiger partial charge on any atom is -0.324 e. The molecule has 1 saturated carbocycles. The number of carbonyl (C=O) groups excluding carboxylic acids is 1. The molecule has 3 nitrogen and oxygen atoms in total. The van der Waals surface area contributed by atoms with Crippen molar-refractivity contribution in [3.05, 3.63) is 42.5 Å². The molecule has 2 bridgehead atoms. The second-order valence-corrected chi connectivity index (χ2v) is 7.14. The van der Waals surface area contributed by atoms with Crippen molar-refractivity contribution in [1.29, 1.82) is 0 Å². The summed E-state index contributed by atoms with van der Waals surface area (Å²) in [5.74, 6) is 2.56. The average molecular weight is 298 g/mol. The fraction of sp³-hybridized carbons (Fsp3) is 0.526. The van der Waals surface area contributed by atoms with Crippen molar-refractivity contribution in [3.8, 4) is 0 Å². The first-order valence-corrected chi connectivity index (χ1v) is 8.41. The Morgan fingerprint density at radius 1 is 1.23 bits per heavy atom. The number of fused-ring (bicyclic) bond motifs is 2. The average Bonchev–Trinajstić information content (AvgIpc) is 3.09. The number of allylic oxidation sites excluding steroid dienone is 2. The number of hydrogen-bond donors (Lipinski definition) is 1. The number of nitrogens with one attached hydrogen (secondary N) is 1. The summed E-state index contributed by atoms with van der Waals surface area (Å²) in [4.78, 5) is 14.6. The van der Waals surface area contributed by atoms with Gasteiger partial charge in [-0.15, -0.1) is 0 Å². The van der Waals surface area contributed by atoms with Crippen LogP contribution < -0.4 is 5.32 Å². The molecule has 1 aromatic carbocycles. The molecule has 0 saturated heterocycles. The van der Waals surface area contributed by atoms with Crippen LogP contribution in [0, 0.1) is 23.7 Å². The molecule has 2 amide bonds. The molecule has 1 fully saturated rings. The predicted octanol–water partition coefficient (Wildman–Crippen LogP) is 4.39. The minimum absolute atomic E-state index is 0.0339. The van der Waals surface area contributed by atoms with Gasteiger partial charge in [0.1, 0.15) is 0 Å². The van der Waals surface area contributed by atoms with Crippen molar-refractivity contribution < 1.29 is 4.79 Å². The minimum atomic E-state index is 0.0339. The number of urea groups is 1. The lowest BCUT2D eigenvalue weighted by Crippen LogP contribution is -2.41. The van der Waals surface area contributed by atoms with Gasteiger partial charge in [0.25, 0.3) is 0 Å². The van der Waals surface area contributed by atoms with Gasteiger partial charge in [-0.3, -0.25) is 0 Å². The van der Waals surface area contributed by atoms with E-state index in [-0.39, 0.29) is 6.03 Å². The zero-order chi connectivity index (χ0) is 15.5. The summed E-state index contributed by atoms with van der Waals surface area (Å²) in [5, 5.41) is 3.03. The Kier molecular flexibility index (Phi) is 4.51. The van der Waals surface area contributed by atoms with E-state index in [4.69, 9.17) is 0 Å². The Balaban J connectivity index is 1.64. The summed E-state index contributed by atoms with van der Waals surface area (Å²) in [7, 11) is 0. The number of nitrogens with zero attached hydrogens (tertiary/aromatic N) is 1. The summed E-state index contributed by atoms with van der Waals surface area (Å²) in [5.41, 5.74) is 0.870. The molecular weight excluding hydrogens is 272 g/mol. The second kappa shape index (κ2) is 6.55. The second-order valence-electron chi connectivity index (χ2n) is 7.14. The van der Waals surface area contributed by atoms with Crippen LogP contribution in [0.1, 0.15) is 26.7 Å². The van der Waals surface area contributed by atoms with Crippen LogP contribution in [0.3, 0.4) is 0 Å². The zero-order valence-electron chi connectivity index (χ0n) is 13.5. The highest BCUT2D eigenvalue weighted by Gasteiger charge is 2.37. The molecule has 0 aromatic heterocycles. The van der Waals surface area contributed by atoms with Gasteiger partial charge in [-0.2, -0.15) is 0 Å². The topological polar surface area (TPSA) is 32.3 Å². The summed E-state index contributed by atoms with van der Waals surface area (Å²) >= 11 is 0. The van der Waals surface area contributed by atoms with Crippen LogP contribution in [-0.4, -0.2) is 24.0 Å². The monoisotopic (exact) mass is 298 g/mol. The first-order chi connectivity index (χ1) is 10.6. The molecular formula is C19H26N2O. The van der Waals surface area contributed by atoms with Crippen LogP contribution in [0.4, 0.5) is 10.5 Å².